The van der Waals surface area contributed by atoms with Gasteiger partial charge in [-0.3, -0.25) is 14.4 Å². The second-order valence-corrected chi connectivity index (χ2v) is 6.46. The van der Waals surface area contributed by atoms with E-state index in [1.807, 2.05) is 50.2 Å². The van der Waals surface area contributed by atoms with Crippen molar-refractivity contribution in [1.82, 2.24) is 9.88 Å². The number of rotatable bonds is 9. The Labute approximate surface area is 159 Å². The SMILES string of the molecule is CCCn1c(C)cc(C(=O)COC(=O)CNC(=O)Cc2ccccc2)c1C. The van der Waals surface area contributed by atoms with Gasteiger partial charge in [0.1, 0.15) is 6.54 Å². The molecular formula is C21H26N2O4. The van der Waals surface area contributed by atoms with Crippen molar-refractivity contribution < 1.29 is 19.1 Å². The highest BCUT2D eigenvalue weighted by Gasteiger charge is 2.17. The largest absolute Gasteiger partial charge is 0.456 e. The molecule has 0 spiro atoms. The molecule has 0 aliphatic carbocycles. The molecule has 0 aliphatic rings. The molecule has 1 heterocycles. The number of hydrogen-bond donors (Lipinski definition) is 1. The monoisotopic (exact) mass is 370 g/mol. The summed E-state index contributed by atoms with van der Waals surface area (Å²) in [5, 5.41) is 2.51. The number of amides is 1. The summed E-state index contributed by atoms with van der Waals surface area (Å²) in [7, 11) is 0. The van der Waals surface area contributed by atoms with Crippen molar-refractivity contribution in [2.75, 3.05) is 13.2 Å². The van der Waals surface area contributed by atoms with Crippen molar-refractivity contribution in [2.24, 2.45) is 0 Å². The zero-order valence-corrected chi connectivity index (χ0v) is 16.1. The number of ketones is 1. The molecule has 2 rings (SSSR count). The Morgan fingerprint density at radius 1 is 1.11 bits per heavy atom. The van der Waals surface area contributed by atoms with E-state index in [4.69, 9.17) is 4.74 Å². The molecule has 0 fully saturated rings. The average Bonchev–Trinajstić information content (AvgIpc) is 2.94. The van der Waals surface area contributed by atoms with Gasteiger partial charge < -0.3 is 14.6 Å². The number of Topliss-reactive ketones (excluding diaryl/α,β-unsaturated/α-hetero) is 1. The maximum Gasteiger partial charge on any atom is 0.325 e. The highest BCUT2D eigenvalue weighted by Crippen LogP contribution is 2.16. The maximum absolute atomic E-state index is 12.3. The van der Waals surface area contributed by atoms with E-state index in [1.54, 1.807) is 0 Å². The molecule has 0 saturated carbocycles. The summed E-state index contributed by atoms with van der Waals surface area (Å²) in [6.45, 7) is 6.18. The Balaban J connectivity index is 1.79. The van der Waals surface area contributed by atoms with E-state index in [0.29, 0.717) is 5.56 Å². The number of aromatic nitrogens is 1. The summed E-state index contributed by atoms with van der Waals surface area (Å²) >= 11 is 0. The van der Waals surface area contributed by atoms with Gasteiger partial charge in [-0.1, -0.05) is 37.3 Å². The van der Waals surface area contributed by atoms with Gasteiger partial charge in [0.25, 0.3) is 0 Å². The fourth-order valence-electron chi connectivity index (χ4n) is 2.94. The lowest BCUT2D eigenvalue weighted by Gasteiger charge is -2.08. The lowest BCUT2D eigenvalue weighted by Crippen LogP contribution is -2.32. The van der Waals surface area contributed by atoms with E-state index in [1.165, 1.54) is 0 Å². The first-order chi connectivity index (χ1) is 12.9. The lowest BCUT2D eigenvalue weighted by molar-refractivity contribution is -0.142. The van der Waals surface area contributed by atoms with E-state index in [9.17, 15) is 14.4 Å². The highest BCUT2D eigenvalue weighted by molar-refractivity contribution is 5.99. The third-order valence-electron chi connectivity index (χ3n) is 4.32. The van der Waals surface area contributed by atoms with E-state index in [0.717, 1.165) is 29.9 Å². The van der Waals surface area contributed by atoms with Crippen molar-refractivity contribution in [3.8, 4) is 0 Å². The topological polar surface area (TPSA) is 77.4 Å². The molecule has 0 aliphatic heterocycles. The van der Waals surface area contributed by atoms with Crippen LogP contribution in [0.1, 0.15) is 40.7 Å². The van der Waals surface area contributed by atoms with E-state index < -0.39 is 5.97 Å². The molecule has 2 aromatic rings. The van der Waals surface area contributed by atoms with Crippen LogP contribution in [0.4, 0.5) is 0 Å². The molecule has 1 N–H and O–H groups in total. The molecule has 0 unspecified atom stereocenters. The predicted octanol–water partition coefficient (Wildman–Crippen LogP) is 2.60. The Hall–Kier alpha value is -2.89. The van der Waals surface area contributed by atoms with Crippen LogP contribution in [0.15, 0.2) is 36.4 Å². The zero-order chi connectivity index (χ0) is 19.8. The van der Waals surface area contributed by atoms with Crippen molar-refractivity contribution >= 4 is 17.7 Å². The van der Waals surface area contributed by atoms with Gasteiger partial charge in [-0.25, -0.2) is 0 Å². The van der Waals surface area contributed by atoms with E-state index in [-0.39, 0.29) is 31.3 Å². The van der Waals surface area contributed by atoms with Gasteiger partial charge in [0, 0.05) is 23.5 Å². The summed E-state index contributed by atoms with van der Waals surface area (Å²) in [6, 6.07) is 11.1. The third kappa shape index (κ3) is 5.81. The second-order valence-electron chi connectivity index (χ2n) is 6.46. The van der Waals surface area contributed by atoms with Crippen molar-refractivity contribution in [3.63, 3.8) is 0 Å². The molecule has 0 bridgehead atoms. The smallest absolute Gasteiger partial charge is 0.325 e. The molecule has 6 nitrogen and oxygen atoms in total. The molecule has 27 heavy (non-hydrogen) atoms. The number of aryl methyl sites for hydroxylation is 1. The first-order valence-corrected chi connectivity index (χ1v) is 9.08. The quantitative estimate of drug-likeness (QED) is 0.544. The fourth-order valence-corrected chi connectivity index (χ4v) is 2.94. The molecule has 1 amide bonds. The van der Waals surface area contributed by atoms with Crippen molar-refractivity contribution in [2.45, 2.75) is 40.2 Å². The summed E-state index contributed by atoms with van der Waals surface area (Å²) < 4.78 is 7.09. The minimum atomic E-state index is -0.632. The fraction of sp³-hybridized carbons (Fsp3) is 0.381. The minimum Gasteiger partial charge on any atom is -0.456 e. The van der Waals surface area contributed by atoms with Crippen molar-refractivity contribution in [3.05, 3.63) is 58.9 Å². The summed E-state index contributed by atoms with van der Waals surface area (Å²) in [5.41, 5.74) is 3.33. The molecule has 6 heteroatoms. The van der Waals surface area contributed by atoms with E-state index >= 15 is 0 Å². The van der Waals surface area contributed by atoms with Gasteiger partial charge >= 0.3 is 5.97 Å². The molecule has 0 atom stereocenters. The van der Waals surface area contributed by atoms with Gasteiger partial charge in [0.2, 0.25) is 11.7 Å². The molecule has 1 aromatic carbocycles. The number of nitrogens with one attached hydrogen (secondary N) is 1. The van der Waals surface area contributed by atoms with Crippen LogP contribution in [0.25, 0.3) is 0 Å². The van der Waals surface area contributed by atoms with Crippen LogP contribution in [0.3, 0.4) is 0 Å². The predicted molar refractivity (Wildman–Crippen MR) is 103 cm³/mol. The standard InChI is InChI=1S/C21H26N2O4/c1-4-10-23-15(2)11-18(16(23)3)19(24)14-27-21(26)13-22-20(25)12-17-8-6-5-7-9-17/h5-9,11H,4,10,12-14H2,1-3H3,(H,22,25). The number of carbonyl (C=O) groups is 3. The Morgan fingerprint density at radius 3 is 2.48 bits per heavy atom. The molecule has 1 aromatic heterocycles. The lowest BCUT2D eigenvalue weighted by atomic mass is 10.1. The number of carbonyl (C=O) groups excluding carboxylic acids is 3. The normalized spacial score (nSPS) is 10.5. The first kappa shape index (κ1) is 20.4. The Kier molecular flexibility index (Phi) is 7.34. The summed E-state index contributed by atoms with van der Waals surface area (Å²) in [6.07, 6.45) is 1.16. The van der Waals surface area contributed by atoms with E-state index in [2.05, 4.69) is 16.8 Å². The Bertz CT molecular complexity index is 809. The van der Waals surface area contributed by atoms with Crippen LogP contribution in [-0.2, 0) is 27.3 Å². The average molecular weight is 370 g/mol. The molecule has 0 saturated heterocycles. The van der Waals surface area contributed by atoms with Crippen LogP contribution in [-0.4, -0.2) is 35.4 Å². The number of hydrogen-bond acceptors (Lipinski definition) is 4. The third-order valence-corrected chi connectivity index (χ3v) is 4.32. The highest BCUT2D eigenvalue weighted by atomic mass is 16.5. The van der Waals surface area contributed by atoms with Gasteiger partial charge in [0.05, 0.1) is 6.42 Å². The minimum absolute atomic E-state index is 0.191. The van der Waals surface area contributed by atoms with Crippen LogP contribution in [0.5, 0.6) is 0 Å². The van der Waals surface area contributed by atoms with Gasteiger partial charge in [0.15, 0.2) is 6.61 Å². The van der Waals surface area contributed by atoms with Crippen LogP contribution >= 0.6 is 0 Å². The van der Waals surface area contributed by atoms with Crippen LogP contribution in [0, 0.1) is 13.8 Å². The number of nitrogens with zero attached hydrogens (tertiary/aromatic N) is 1. The molecule has 0 radical (unpaired) electrons. The van der Waals surface area contributed by atoms with Gasteiger partial charge in [-0.2, -0.15) is 0 Å². The molecular weight excluding hydrogens is 344 g/mol. The maximum atomic E-state index is 12.3. The van der Waals surface area contributed by atoms with Crippen molar-refractivity contribution in [1.29, 1.82) is 0 Å². The van der Waals surface area contributed by atoms with Gasteiger partial charge in [-0.05, 0) is 31.9 Å². The second kappa shape index (κ2) is 9.71. The molecule has 144 valence electrons. The Morgan fingerprint density at radius 2 is 1.81 bits per heavy atom. The summed E-state index contributed by atoms with van der Waals surface area (Å²) in [4.78, 5) is 36.0. The van der Waals surface area contributed by atoms with Gasteiger partial charge in [-0.15, -0.1) is 0 Å². The number of benzene rings is 1. The van der Waals surface area contributed by atoms with Crippen LogP contribution in [0.2, 0.25) is 0 Å². The first-order valence-electron chi connectivity index (χ1n) is 9.08. The zero-order valence-electron chi connectivity index (χ0n) is 16.1. The van der Waals surface area contributed by atoms with Crippen LogP contribution < -0.4 is 5.32 Å². The number of esters is 1. The number of ether oxygens (including phenoxy) is 1. The summed E-state index contributed by atoms with van der Waals surface area (Å²) in [5.74, 6) is -1.14.